The molecule has 1 atom stereocenters. The van der Waals surface area contributed by atoms with Crippen molar-refractivity contribution in [1.29, 1.82) is 0 Å². The first kappa shape index (κ1) is 11.4. The zero-order valence-electron chi connectivity index (χ0n) is 8.49. The Morgan fingerprint density at radius 2 is 2.40 bits per heavy atom. The van der Waals surface area contributed by atoms with Crippen molar-refractivity contribution in [2.24, 2.45) is 5.73 Å². The minimum absolute atomic E-state index is 0.155. The predicted molar refractivity (Wildman–Crippen MR) is 63.0 cm³/mol. The molecule has 1 aliphatic heterocycles. The minimum Gasteiger partial charge on any atom is -0.328 e. The molecule has 0 spiro atoms. The van der Waals surface area contributed by atoms with Gasteiger partial charge in [-0.05, 0) is 25.0 Å². The van der Waals surface area contributed by atoms with E-state index in [2.05, 4.69) is 0 Å². The number of nitrogens with zero attached hydrogens (tertiary/aromatic N) is 1. The van der Waals surface area contributed by atoms with E-state index in [1.165, 1.54) is 11.3 Å². The molecule has 1 aromatic heterocycles. The summed E-state index contributed by atoms with van der Waals surface area (Å²) in [6, 6.07) is 4.10. The molecule has 15 heavy (non-hydrogen) atoms. The molecule has 1 fully saturated rings. The molecule has 1 aromatic rings. The Hall–Kier alpha value is -0.130. The Balaban J connectivity index is 2.08. The third kappa shape index (κ3) is 2.71. The van der Waals surface area contributed by atoms with Crippen LogP contribution < -0.4 is 5.73 Å². The number of thiophene rings is 1. The molecule has 2 N–H and O–H groups in total. The van der Waals surface area contributed by atoms with E-state index in [-0.39, 0.29) is 6.04 Å². The second-order valence-electron chi connectivity index (χ2n) is 3.57. The first-order valence-corrected chi connectivity index (χ1v) is 6.35. The van der Waals surface area contributed by atoms with Crippen molar-refractivity contribution in [2.75, 3.05) is 19.7 Å². The van der Waals surface area contributed by atoms with Crippen LogP contribution in [0.5, 0.6) is 0 Å². The van der Waals surface area contributed by atoms with Crippen molar-refractivity contribution in [3.63, 3.8) is 0 Å². The van der Waals surface area contributed by atoms with Gasteiger partial charge in [-0.15, -0.1) is 11.3 Å². The molecule has 0 aromatic carbocycles. The molecule has 5 heteroatoms. The predicted octanol–water partition coefficient (Wildman–Crippen LogP) is 2.43. The summed E-state index contributed by atoms with van der Waals surface area (Å²) in [6.07, 6.45) is 2.31. The highest BCUT2D eigenvalue weighted by molar-refractivity contribution is 7.16. The highest BCUT2D eigenvalue weighted by Gasteiger charge is 2.23. The molecule has 2 rings (SSSR count). The molecular formula is C10H15ClN2OS. The Morgan fingerprint density at radius 1 is 1.53 bits per heavy atom. The maximum atomic E-state index is 5.92. The van der Waals surface area contributed by atoms with Crippen LogP contribution in [0, 0.1) is 0 Å². The van der Waals surface area contributed by atoms with Crippen molar-refractivity contribution >= 4 is 22.9 Å². The number of halogens is 1. The summed E-state index contributed by atoms with van der Waals surface area (Å²) in [6.45, 7) is 2.32. The van der Waals surface area contributed by atoms with Crippen LogP contribution in [0.4, 0.5) is 0 Å². The van der Waals surface area contributed by atoms with Crippen LogP contribution in [0.1, 0.15) is 23.8 Å². The van der Waals surface area contributed by atoms with E-state index in [0.717, 1.165) is 23.9 Å². The van der Waals surface area contributed by atoms with Crippen LogP contribution in [0.25, 0.3) is 0 Å². The summed E-state index contributed by atoms with van der Waals surface area (Å²) >= 11 is 7.50. The molecule has 0 saturated carbocycles. The van der Waals surface area contributed by atoms with Crippen LogP contribution in [-0.4, -0.2) is 24.8 Å². The lowest BCUT2D eigenvalue weighted by atomic mass is 10.2. The van der Waals surface area contributed by atoms with Crippen molar-refractivity contribution in [3.8, 4) is 0 Å². The van der Waals surface area contributed by atoms with E-state index in [9.17, 15) is 0 Å². The average molecular weight is 247 g/mol. The van der Waals surface area contributed by atoms with E-state index in [4.69, 9.17) is 22.2 Å². The summed E-state index contributed by atoms with van der Waals surface area (Å²) in [4.78, 5) is 6.80. The molecule has 1 aliphatic rings. The Kier molecular flexibility index (Phi) is 3.99. The van der Waals surface area contributed by atoms with Gasteiger partial charge < -0.3 is 5.73 Å². The molecule has 0 amide bonds. The zero-order chi connectivity index (χ0) is 10.7. The van der Waals surface area contributed by atoms with Gasteiger partial charge in [0.1, 0.15) is 0 Å². The monoisotopic (exact) mass is 246 g/mol. The van der Waals surface area contributed by atoms with Gasteiger partial charge >= 0.3 is 0 Å². The minimum atomic E-state index is 0.155. The van der Waals surface area contributed by atoms with E-state index >= 15 is 0 Å². The van der Waals surface area contributed by atoms with Crippen molar-refractivity contribution in [2.45, 2.75) is 18.9 Å². The standard InChI is InChI=1S/C10H15ClN2OS/c11-10-4-3-9(15-10)8(7-12)13-5-1-2-6-14-13/h3-4,8H,1-2,5-7,12H2. The molecular weight excluding hydrogens is 232 g/mol. The van der Waals surface area contributed by atoms with Crippen LogP contribution in [0.15, 0.2) is 12.1 Å². The first-order chi connectivity index (χ1) is 7.31. The topological polar surface area (TPSA) is 38.5 Å². The van der Waals surface area contributed by atoms with Crippen molar-refractivity contribution in [3.05, 3.63) is 21.3 Å². The van der Waals surface area contributed by atoms with Gasteiger partial charge in [-0.2, -0.15) is 5.06 Å². The number of hydrogen-bond donors (Lipinski definition) is 1. The Labute approximate surface area is 98.7 Å². The SMILES string of the molecule is NCC(c1ccc(Cl)s1)N1CCCCO1. The highest BCUT2D eigenvalue weighted by Crippen LogP contribution is 2.31. The molecule has 84 valence electrons. The summed E-state index contributed by atoms with van der Waals surface area (Å²) in [5, 5.41) is 1.99. The van der Waals surface area contributed by atoms with Crippen molar-refractivity contribution < 1.29 is 4.84 Å². The number of hydrogen-bond acceptors (Lipinski definition) is 4. The number of nitrogens with two attached hydrogens (primary N) is 1. The van der Waals surface area contributed by atoms with Gasteiger partial charge in [0.15, 0.2) is 0 Å². The van der Waals surface area contributed by atoms with Crippen LogP contribution in [0.2, 0.25) is 4.34 Å². The summed E-state index contributed by atoms with van der Waals surface area (Å²) < 4.78 is 0.806. The molecule has 1 saturated heterocycles. The van der Waals surface area contributed by atoms with E-state index in [1.54, 1.807) is 11.3 Å². The smallest absolute Gasteiger partial charge is 0.0931 e. The van der Waals surface area contributed by atoms with Crippen molar-refractivity contribution in [1.82, 2.24) is 5.06 Å². The Morgan fingerprint density at radius 3 is 2.93 bits per heavy atom. The summed E-state index contributed by atoms with van der Waals surface area (Å²) in [7, 11) is 0. The lowest BCUT2D eigenvalue weighted by molar-refractivity contribution is -0.205. The molecule has 0 aliphatic carbocycles. The van der Waals surface area contributed by atoms with E-state index in [0.29, 0.717) is 6.54 Å². The van der Waals surface area contributed by atoms with Crippen LogP contribution in [0.3, 0.4) is 0 Å². The largest absolute Gasteiger partial charge is 0.328 e. The number of hydroxylamine groups is 2. The first-order valence-electron chi connectivity index (χ1n) is 5.16. The Bertz CT molecular complexity index is 312. The van der Waals surface area contributed by atoms with Crippen LogP contribution >= 0.6 is 22.9 Å². The van der Waals surface area contributed by atoms with Gasteiger partial charge in [0, 0.05) is 18.0 Å². The van der Waals surface area contributed by atoms with Gasteiger partial charge in [0.05, 0.1) is 17.0 Å². The third-order valence-electron chi connectivity index (χ3n) is 2.52. The second-order valence-corrected chi connectivity index (χ2v) is 5.32. The van der Waals surface area contributed by atoms with E-state index < -0.39 is 0 Å². The summed E-state index contributed by atoms with van der Waals surface area (Å²) in [5.41, 5.74) is 5.79. The molecule has 3 nitrogen and oxygen atoms in total. The highest BCUT2D eigenvalue weighted by atomic mass is 35.5. The average Bonchev–Trinajstić information content (AvgIpc) is 2.68. The second kappa shape index (κ2) is 5.27. The summed E-state index contributed by atoms with van der Waals surface area (Å²) in [5.74, 6) is 0. The molecule has 0 bridgehead atoms. The van der Waals surface area contributed by atoms with Gasteiger partial charge in [0.25, 0.3) is 0 Å². The van der Waals surface area contributed by atoms with Gasteiger partial charge in [0.2, 0.25) is 0 Å². The normalized spacial score (nSPS) is 20.4. The quantitative estimate of drug-likeness (QED) is 0.890. The lowest BCUT2D eigenvalue weighted by Gasteiger charge is -2.32. The van der Waals surface area contributed by atoms with Gasteiger partial charge in [-0.3, -0.25) is 4.84 Å². The molecule has 0 radical (unpaired) electrons. The fourth-order valence-corrected chi connectivity index (χ4v) is 2.92. The van der Waals surface area contributed by atoms with Crippen LogP contribution in [-0.2, 0) is 4.84 Å². The molecule has 2 heterocycles. The fraction of sp³-hybridized carbons (Fsp3) is 0.600. The maximum Gasteiger partial charge on any atom is 0.0931 e. The zero-order valence-corrected chi connectivity index (χ0v) is 10.1. The third-order valence-corrected chi connectivity index (χ3v) is 3.86. The van der Waals surface area contributed by atoms with Gasteiger partial charge in [-0.1, -0.05) is 11.6 Å². The van der Waals surface area contributed by atoms with E-state index in [1.807, 2.05) is 17.2 Å². The molecule has 1 unspecified atom stereocenters. The number of rotatable bonds is 3. The van der Waals surface area contributed by atoms with Gasteiger partial charge in [-0.25, -0.2) is 0 Å². The lowest BCUT2D eigenvalue weighted by Crippen LogP contribution is -2.37. The fourth-order valence-electron chi connectivity index (χ4n) is 1.74. The maximum absolute atomic E-state index is 5.92.